The van der Waals surface area contributed by atoms with Gasteiger partial charge in [-0.3, -0.25) is 4.79 Å². The largest absolute Gasteiger partial charge is 0.493 e. The average molecular weight is 464 g/mol. The number of carbonyl (C=O) groups excluding carboxylic acids is 2. The zero-order valence-electron chi connectivity index (χ0n) is 17.3. The third-order valence-electron chi connectivity index (χ3n) is 5.15. The predicted molar refractivity (Wildman–Crippen MR) is 113 cm³/mol. The van der Waals surface area contributed by atoms with Crippen LogP contribution in [0.2, 0.25) is 0 Å². The second-order valence-electron chi connectivity index (χ2n) is 7.45. The minimum absolute atomic E-state index is 0.0489. The molecule has 0 radical (unpaired) electrons. The molecule has 6 nitrogen and oxygen atoms in total. The van der Waals surface area contributed by atoms with Crippen molar-refractivity contribution in [3.05, 3.63) is 44.7 Å². The Kier molecular flexibility index (Phi) is 6.36. The molecule has 3 rings (SSSR count). The van der Waals surface area contributed by atoms with Crippen molar-refractivity contribution in [3.63, 3.8) is 0 Å². The summed E-state index contributed by atoms with van der Waals surface area (Å²) in [5.74, 6) is 0.172. The van der Waals surface area contributed by atoms with Gasteiger partial charge >= 0.3 is 5.97 Å². The van der Waals surface area contributed by atoms with E-state index in [2.05, 4.69) is 21.2 Å². The van der Waals surface area contributed by atoms with E-state index in [0.29, 0.717) is 34.8 Å². The van der Waals surface area contributed by atoms with Gasteiger partial charge in [0.2, 0.25) is 0 Å². The van der Waals surface area contributed by atoms with E-state index in [0.717, 1.165) is 28.6 Å². The number of dihydropyridines is 1. The number of halogens is 1. The van der Waals surface area contributed by atoms with Crippen LogP contribution in [0.15, 0.2) is 39.1 Å². The number of carbonyl (C=O) groups is 2. The Morgan fingerprint density at radius 3 is 2.45 bits per heavy atom. The van der Waals surface area contributed by atoms with E-state index in [1.807, 2.05) is 26.8 Å². The highest BCUT2D eigenvalue weighted by molar-refractivity contribution is 9.10. The van der Waals surface area contributed by atoms with E-state index in [1.165, 1.54) is 0 Å². The standard InChI is InChI=1S/C22H26BrNO5/c1-11(2)29-22(26)19-12(3)24-15-7-6-8-16(25)21(15)20(19)13-9-17(27-4)18(28-5)10-14(13)23/h9-11,20,24H,6-8H2,1-5H3/t20-/m0/s1. The monoisotopic (exact) mass is 463 g/mol. The predicted octanol–water partition coefficient (Wildman–Crippen LogP) is 4.39. The van der Waals surface area contributed by atoms with E-state index in [-0.39, 0.29) is 11.9 Å². The lowest BCUT2D eigenvalue weighted by Gasteiger charge is -2.35. The van der Waals surface area contributed by atoms with Gasteiger partial charge in [-0.25, -0.2) is 4.79 Å². The summed E-state index contributed by atoms with van der Waals surface area (Å²) >= 11 is 3.61. The van der Waals surface area contributed by atoms with Crippen molar-refractivity contribution in [3.8, 4) is 11.5 Å². The molecule has 0 amide bonds. The van der Waals surface area contributed by atoms with Crippen LogP contribution in [0.4, 0.5) is 0 Å². The van der Waals surface area contributed by atoms with Gasteiger partial charge in [0.05, 0.1) is 25.9 Å². The van der Waals surface area contributed by atoms with Crippen LogP contribution in [-0.2, 0) is 14.3 Å². The fourth-order valence-corrected chi connectivity index (χ4v) is 4.48. The number of Topliss-reactive ketones (excluding diaryl/α,β-unsaturated/α-hetero) is 1. The maximum absolute atomic E-state index is 13.0. The number of hydrogen-bond acceptors (Lipinski definition) is 6. The number of benzene rings is 1. The van der Waals surface area contributed by atoms with Gasteiger partial charge in [0.1, 0.15) is 0 Å². The van der Waals surface area contributed by atoms with Gasteiger partial charge < -0.3 is 19.5 Å². The van der Waals surface area contributed by atoms with Gasteiger partial charge in [-0.1, -0.05) is 15.9 Å². The second-order valence-corrected chi connectivity index (χ2v) is 8.30. The molecule has 1 N–H and O–H groups in total. The first-order chi connectivity index (χ1) is 13.8. The van der Waals surface area contributed by atoms with Crippen molar-refractivity contribution in [2.24, 2.45) is 0 Å². The third-order valence-corrected chi connectivity index (χ3v) is 5.84. The Morgan fingerprint density at radius 2 is 1.83 bits per heavy atom. The highest BCUT2D eigenvalue weighted by atomic mass is 79.9. The topological polar surface area (TPSA) is 73.9 Å². The van der Waals surface area contributed by atoms with Crippen molar-refractivity contribution >= 4 is 27.7 Å². The summed E-state index contributed by atoms with van der Waals surface area (Å²) in [6.07, 6.45) is 1.76. The van der Waals surface area contributed by atoms with Gasteiger partial charge in [0.25, 0.3) is 0 Å². The van der Waals surface area contributed by atoms with E-state index in [1.54, 1.807) is 20.3 Å². The fraction of sp³-hybridized carbons (Fsp3) is 0.455. The van der Waals surface area contributed by atoms with Gasteiger partial charge in [-0.05, 0) is 51.3 Å². The van der Waals surface area contributed by atoms with Crippen LogP contribution in [0.1, 0.15) is 51.5 Å². The zero-order valence-corrected chi connectivity index (χ0v) is 18.9. The van der Waals surface area contributed by atoms with Crippen LogP contribution in [0.25, 0.3) is 0 Å². The van der Waals surface area contributed by atoms with E-state index < -0.39 is 11.9 Å². The highest BCUT2D eigenvalue weighted by Gasteiger charge is 2.40. The SMILES string of the molecule is COc1cc(Br)c([C@H]2C(C(=O)OC(C)C)=C(C)NC3=C2C(=O)CCC3)cc1OC. The smallest absolute Gasteiger partial charge is 0.337 e. The van der Waals surface area contributed by atoms with Crippen molar-refractivity contribution in [1.82, 2.24) is 5.32 Å². The van der Waals surface area contributed by atoms with Gasteiger partial charge in [0.15, 0.2) is 17.3 Å². The van der Waals surface area contributed by atoms with E-state index in [4.69, 9.17) is 14.2 Å². The normalized spacial score (nSPS) is 19.1. The first-order valence-corrected chi connectivity index (χ1v) is 10.4. The lowest BCUT2D eigenvalue weighted by atomic mass is 9.75. The summed E-state index contributed by atoms with van der Waals surface area (Å²) in [7, 11) is 3.12. The molecule has 0 fully saturated rings. The molecule has 0 unspecified atom stereocenters. The number of allylic oxidation sites excluding steroid dienone is 3. The Hall–Kier alpha value is -2.28. The average Bonchev–Trinajstić information content (AvgIpc) is 2.66. The number of rotatable bonds is 5. The zero-order chi connectivity index (χ0) is 21.3. The number of ether oxygens (including phenoxy) is 3. The molecule has 0 aromatic heterocycles. The molecule has 1 atom stereocenters. The molecule has 1 heterocycles. The van der Waals surface area contributed by atoms with Crippen LogP contribution in [-0.4, -0.2) is 32.1 Å². The molecule has 1 aromatic rings. The fourth-order valence-electron chi connectivity index (χ4n) is 3.93. The van der Waals surface area contributed by atoms with Gasteiger partial charge in [0, 0.05) is 33.8 Å². The first-order valence-electron chi connectivity index (χ1n) is 9.64. The molecule has 156 valence electrons. The molecule has 29 heavy (non-hydrogen) atoms. The Morgan fingerprint density at radius 1 is 1.17 bits per heavy atom. The molecule has 0 saturated heterocycles. The maximum atomic E-state index is 13.0. The minimum atomic E-state index is -0.542. The Labute approximate surface area is 179 Å². The van der Waals surface area contributed by atoms with E-state index in [9.17, 15) is 9.59 Å². The molecule has 7 heteroatoms. The molecule has 1 aromatic carbocycles. The van der Waals surface area contributed by atoms with Crippen LogP contribution < -0.4 is 14.8 Å². The van der Waals surface area contributed by atoms with Crippen molar-refractivity contribution in [1.29, 1.82) is 0 Å². The van der Waals surface area contributed by atoms with Crippen LogP contribution in [0.3, 0.4) is 0 Å². The Bertz CT molecular complexity index is 916. The molecular formula is C22H26BrNO5. The quantitative estimate of drug-likeness (QED) is 0.652. The maximum Gasteiger partial charge on any atom is 0.337 e. The van der Waals surface area contributed by atoms with Crippen LogP contribution in [0, 0.1) is 0 Å². The number of hydrogen-bond donors (Lipinski definition) is 1. The summed E-state index contributed by atoms with van der Waals surface area (Å²) in [6, 6.07) is 3.62. The summed E-state index contributed by atoms with van der Waals surface area (Å²) in [5, 5.41) is 3.29. The summed E-state index contributed by atoms with van der Waals surface area (Å²) < 4.78 is 17.1. The highest BCUT2D eigenvalue weighted by Crippen LogP contribution is 2.47. The van der Waals surface area contributed by atoms with Crippen LogP contribution >= 0.6 is 15.9 Å². The molecule has 1 aliphatic heterocycles. The Balaban J connectivity index is 2.23. The third kappa shape index (κ3) is 4.06. The second kappa shape index (κ2) is 8.61. The lowest BCUT2D eigenvalue weighted by Crippen LogP contribution is -2.35. The number of ketones is 1. The van der Waals surface area contributed by atoms with Gasteiger partial charge in [-0.15, -0.1) is 0 Å². The van der Waals surface area contributed by atoms with Crippen molar-refractivity contribution in [2.45, 2.75) is 52.1 Å². The summed E-state index contributed by atoms with van der Waals surface area (Å²) in [4.78, 5) is 26.0. The lowest BCUT2D eigenvalue weighted by molar-refractivity contribution is -0.143. The summed E-state index contributed by atoms with van der Waals surface area (Å²) in [5.41, 5.74) is 3.43. The number of esters is 1. The molecular weight excluding hydrogens is 438 g/mol. The minimum Gasteiger partial charge on any atom is -0.493 e. The number of methoxy groups -OCH3 is 2. The number of nitrogens with one attached hydrogen (secondary N) is 1. The molecule has 0 saturated carbocycles. The molecule has 0 bridgehead atoms. The van der Waals surface area contributed by atoms with Crippen LogP contribution in [0.5, 0.6) is 11.5 Å². The van der Waals surface area contributed by atoms with Gasteiger partial charge in [-0.2, -0.15) is 0 Å². The van der Waals surface area contributed by atoms with Crippen molar-refractivity contribution < 1.29 is 23.8 Å². The molecule has 0 spiro atoms. The first kappa shape index (κ1) is 21.4. The molecule has 1 aliphatic carbocycles. The van der Waals surface area contributed by atoms with E-state index >= 15 is 0 Å². The molecule has 2 aliphatic rings. The van der Waals surface area contributed by atoms with Crippen molar-refractivity contribution in [2.75, 3.05) is 14.2 Å². The summed E-state index contributed by atoms with van der Waals surface area (Å²) in [6.45, 7) is 5.46.